The van der Waals surface area contributed by atoms with E-state index in [1.807, 2.05) is 39.0 Å². The third-order valence-corrected chi connectivity index (χ3v) is 3.24. The van der Waals surface area contributed by atoms with Crippen molar-refractivity contribution in [2.45, 2.75) is 45.8 Å². The summed E-state index contributed by atoms with van der Waals surface area (Å²) in [6, 6.07) is 6.33. The fourth-order valence-corrected chi connectivity index (χ4v) is 2.16. The van der Waals surface area contributed by atoms with Crippen LogP contribution in [0.3, 0.4) is 0 Å². The number of urea groups is 1. The number of carbonyl (C=O) groups is 2. The van der Waals surface area contributed by atoms with Gasteiger partial charge < -0.3 is 16.0 Å². The molecule has 0 unspecified atom stereocenters. The van der Waals surface area contributed by atoms with Crippen molar-refractivity contribution in [2.75, 3.05) is 5.32 Å². The van der Waals surface area contributed by atoms with Gasteiger partial charge in [0.25, 0.3) is 0 Å². The lowest BCUT2D eigenvalue weighted by Crippen LogP contribution is -2.51. The second kappa shape index (κ2) is 7.78. The minimum absolute atomic E-state index is 0.234. The fourth-order valence-electron chi connectivity index (χ4n) is 2.16. The molecule has 1 aromatic heterocycles. The summed E-state index contributed by atoms with van der Waals surface area (Å²) in [5.74, 6) is -0.234. The average Bonchev–Trinajstić information content (AvgIpc) is 2.98. The van der Waals surface area contributed by atoms with E-state index in [2.05, 4.69) is 26.0 Å². The molecule has 0 aliphatic rings. The lowest BCUT2D eigenvalue weighted by atomic mass is 10.1. The van der Waals surface area contributed by atoms with Crippen LogP contribution in [0.15, 0.2) is 36.9 Å². The number of hydrogen-bond acceptors (Lipinski definition) is 4. The van der Waals surface area contributed by atoms with Gasteiger partial charge in [0, 0.05) is 11.2 Å². The smallest absolute Gasteiger partial charge is 0.319 e. The number of nitrogens with zero attached hydrogens (tertiary/aromatic N) is 3. The van der Waals surface area contributed by atoms with Gasteiger partial charge >= 0.3 is 6.03 Å². The minimum Gasteiger partial charge on any atom is -0.350 e. The van der Waals surface area contributed by atoms with Crippen molar-refractivity contribution >= 4 is 17.6 Å². The third-order valence-electron chi connectivity index (χ3n) is 3.24. The molecule has 0 spiro atoms. The molecule has 2 rings (SSSR count). The first-order valence-corrected chi connectivity index (χ1v) is 8.04. The van der Waals surface area contributed by atoms with Crippen LogP contribution in [0, 0.1) is 0 Å². The van der Waals surface area contributed by atoms with E-state index in [1.54, 1.807) is 24.0 Å². The van der Waals surface area contributed by atoms with Gasteiger partial charge in [0.2, 0.25) is 5.91 Å². The molecule has 0 saturated heterocycles. The molecule has 3 N–H and O–H groups in total. The zero-order valence-electron chi connectivity index (χ0n) is 14.9. The van der Waals surface area contributed by atoms with Crippen molar-refractivity contribution in [3.05, 3.63) is 42.5 Å². The number of amides is 3. The Kier molecular flexibility index (Phi) is 5.74. The highest BCUT2D eigenvalue weighted by Crippen LogP contribution is 2.11. The molecular formula is C17H24N6O2. The van der Waals surface area contributed by atoms with Crippen molar-refractivity contribution < 1.29 is 9.59 Å². The molecule has 2 aromatic rings. The Balaban J connectivity index is 1.91. The van der Waals surface area contributed by atoms with E-state index in [4.69, 9.17) is 0 Å². The molecule has 0 aliphatic carbocycles. The van der Waals surface area contributed by atoms with Crippen molar-refractivity contribution in [3.63, 3.8) is 0 Å². The number of nitrogens with one attached hydrogen (secondary N) is 3. The number of aromatic nitrogens is 3. The lowest BCUT2D eigenvalue weighted by molar-refractivity contribution is -0.123. The van der Waals surface area contributed by atoms with Gasteiger partial charge in [0.15, 0.2) is 0 Å². The van der Waals surface area contributed by atoms with Gasteiger partial charge in [-0.15, -0.1) is 0 Å². The lowest BCUT2D eigenvalue weighted by Gasteiger charge is -2.23. The summed E-state index contributed by atoms with van der Waals surface area (Å²) in [5, 5.41) is 12.2. The molecule has 0 fully saturated rings. The van der Waals surface area contributed by atoms with E-state index < -0.39 is 12.1 Å². The highest BCUT2D eigenvalue weighted by Gasteiger charge is 2.20. The molecule has 0 aliphatic heterocycles. The summed E-state index contributed by atoms with van der Waals surface area (Å²) >= 11 is 0. The molecule has 1 atom stereocenters. The van der Waals surface area contributed by atoms with E-state index >= 15 is 0 Å². The highest BCUT2D eigenvalue weighted by molar-refractivity contribution is 5.93. The van der Waals surface area contributed by atoms with Crippen LogP contribution in [0.25, 0.3) is 0 Å². The summed E-state index contributed by atoms with van der Waals surface area (Å²) in [6.07, 6.45) is 3.10. The Hall–Kier alpha value is -2.90. The van der Waals surface area contributed by atoms with Crippen LogP contribution >= 0.6 is 0 Å². The zero-order valence-corrected chi connectivity index (χ0v) is 14.9. The molecule has 1 aromatic carbocycles. The summed E-state index contributed by atoms with van der Waals surface area (Å²) in [7, 11) is 0. The zero-order chi connectivity index (χ0) is 18.4. The van der Waals surface area contributed by atoms with Gasteiger partial charge in [-0.05, 0) is 45.4 Å². The molecule has 134 valence electrons. The molecule has 0 bridgehead atoms. The number of anilines is 1. The second-order valence-corrected chi connectivity index (χ2v) is 6.85. The predicted molar refractivity (Wildman–Crippen MR) is 95.1 cm³/mol. The van der Waals surface area contributed by atoms with Crippen molar-refractivity contribution in [2.24, 2.45) is 0 Å². The summed E-state index contributed by atoms with van der Waals surface area (Å²) in [6.45, 7) is 7.86. The maximum Gasteiger partial charge on any atom is 0.319 e. The van der Waals surface area contributed by atoms with E-state index in [1.165, 1.54) is 6.33 Å². The van der Waals surface area contributed by atoms with Gasteiger partial charge in [0.05, 0.1) is 6.54 Å². The Morgan fingerprint density at radius 2 is 2.04 bits per heavy atom. The normalized spacial score (nSPS) is 12.3. The van der Waals surface area contributed by atoms with Gasteiger partial charge in [-0.1, -0.05) is 12.1 Å². The number of rotatable bonds is 5. The molecule has 0 radical (unpaired) electrons. The monoisotopic (exact) mass is 344 g/mol. The van der Waals surface area contributed by atoms with Crippen LogP contribution in [0.4, 0.5) is 10.5 Å². The largest absolute Gasteiger partial charge is 0.350 e. The number of hydrogen-bond donors (Lipinski definition) is 3. The van der Waals surface area contributed by atoms with Crippen molar-refractivity contribution in [1.29, 1.82) is 0 Å². The molecule has 3 amide bonds. The van der Waals surface area contributed by atoms with Crippen LogP contribution < -0.4 is 16.0 Å². The van der Waals surface area contributed by atoms with Gasteiger partial charge in [0.1, 0.15) is 18.7 Å². The molecule has 8 heteroatoms. The van der Waals surface area contributed by atoms with Gasteiger partial charge in [-0.2, -0.15) is 5.10 Å². The Labute approximate surface area is 147 Å². The standard InChI is InChI=1S/C17H24N6O2/c1-12(15(24)22-17(2,3)4)20-16(25)21-14-7-5-6-13(8-14)9-23-11-18-10-19-23/h5-8,10-12H,9H2,1-4H3,(H,22,24)(H2,20,21,25)/t12-/m1/s1. The van der Waals surface area contributed by atoms with Crippen molar-refractivity contribution in [1.82, 2.24) is 25.4 Å². The molecular weight excluding hydrogens is 320 g/mol. The maximum absolute atomic E-state index is 12.1. The molecule has 1 heterocycles. The summed E-state index contributed by atoms with van der Waals surface area (Å²) in [4.78, 5) is 28.0. The molecule has 0 saturated carbocycles. The Morgan fingerprint density at radius 3 is 2.68 bits per heavy atom. The molecule has 8 nitrogen and oxygen atoms in total. The van der Waals surface area contributed by atoms with E-state index in [9.17, 15) is 9.59 Å². The molecule has 25 heavy (non-hydrogen) atoms. The highest BCUT2D eigenvalue weighted by atomic mass is 16.2. The second-order valence-electron chi connectivity index (χ2n) is 6.85. The number of carbonyl (C=O) groups excluding carboxylic acids is 2. The van der Waals surface area contributed by atoms with Crippen LogP contribution in [-0.4, -0.2) is 38.3 Å². The van der Waals surface area contributed by atoms with Crippen LogP contribution in [0.1, 0.15) is 33.3 Å². The van der Waals surface area contributed by atoms with E-state index in [0.29, 0.717) is 12.2 Å². The fraction of sp³-hybridized carbons (Fsp3) is 0.412. The predicted octanol–water partition coefficient (Wildman–Crippen LogP) is 1.75. The third kappa shape index (κ3) is 6.25. The minimum atomic E-state index is -0.641. The van der Waals surface area contributed by atoms with Crippen molar-refractivity contribution in [3.8, 4) is 0 Å². The summed E-state index contributed by atoms with van der Waals surface area (Å²) < 4.78 is 1.69. The number of benzene rings is 1. The maximum atomic E-state index is 12.1. The van der Waals surface area contributed by atoms with E-state index in [0.717, 1.165) is 5.56 Å². The first kappa shape index (κ1) is 18.4. The SMILES string of the molecule is C[C@@H](NC(=O)Nc1cccc(Cn2cncn2)c1)C(=O)NC(C)(C)C. The Morgan fingerprint density at radius 1 is 1.28 bits per heavy atom. The summed E-state index contributed by atoms with van der Waals surface area (Å²) in [5.41, 5.74) is 1.26. The van der Waals surface area contributed by atoms with Crippen LogP contribution in [0.5, 0.6) is 0 Å². The Bertz CT molecular complexity index is 721. The van der Waals surface area contributed by atoms with Crippen LogP contribution in [0.2, 0.25) is 0 Å². The first-order chi connectivity index (χ1) is 11.7. The quantitative estimate of drug-likeness (QED) is 0.769. The first-order valence-electron chi connectivity index (χ1n) is 8.04. The average molecular weight is 344 g/mol. The van der Waals surface area contributed by atoms with Gasteiger partial charge in [-0.25, -0.2) is 14.5 Å². The van der Waals surface area contributed by atoms with Gasteiger partial charge in [-0.3, -0.25) is 4.79 Å². The topological polar surface area (TPSA) is 101 Å². The van der Waals surface area contributed by atoms with Crippen LogP contribution in [-0.2, 0) is 11.3 Å². The van der Waals surface area contributed by atoms with E-state index in [-0.39, 0.29) is 11.4 Å².